The third kappa shape index (κ3) is 2.68. The minimum atomic E-state index is -0.332. The zero-order chi connectivity index (χ0) is 16.7. The minimum Gasteiger partial charge on any atom is -0.465 e. The summed E-state index contributed by atoms with van der Waals surface area (Å²) in [5.74, 6) is 1.39. The first-order valence-electron chi connectivity index (χ1n) is 8.20. The molecule has 0 aliphatic heterocycles. The third-order valence-electron chi connectivity index (χ3n) is 4.63. The average molecular weight is 324 g/mol. The Hall–Kier alpha value is -2.63. The molecule has 0 bridgehead atoms. The fraction of sp³-hybridized carbons (Fsp3) is 0.389. The van der Waals surface area contributed by atoms with Crippen LogP contribution >= 0.6 is 0 Å². The second kappa shape index (κ2) is 5.78. The summed E-state index contributed by atoms with van der Waals surface area (Å²) in [5, 5.41) is 0. The van der Waals surface area contributed by atoms with E-state index >= 15 is 0 Å². The van der Waals surface area contributed by atoms with E-state index in [1.54, 1.807) is 6.07 Å². The van der Waals surface area contributed by atoms with Gasteiger partial charge in [0.15, 0.2) is 0 Å². The number of imidazole rings is 2. The third-order valence-corrected chi connectivity index (χ3v) is 4.63. The molecule has 6 heteroatoms. The number of benzene rings is 1. The molecule has 0 saturated heterocycles. The van der Waals surface area contributed by atoms with Crippen LogP contribution in [0.25, 0.3) is 11.0 Å². The Morgan fingerprint density at radius 3 is 2.96 bits per heavy atom. The summed E-state index contributed by atoms with van der Waals surface area (Å²) < 4.78 is 9.18. The molecule has 1 saturated carbocycles. The maximum atomic E-state index is 11.8. The summed E-state index contributed by atoms with van der Waals surface area (Å²) >= 11 is 0. The number of hydrogen-bond acceptors (Lipinski definition) is 4. The summed E-state index contributed by atoms with van der Waals surface area (Å²) in [6, 6.07) is 5.47. The van der Waals surface area contributed by atoms with E-state index in [1.807, 2.05) is 31.6 Å². The van der Waals surface area contributed by atoms with E-state index in [0.29, 0.717) is 12.1 Å². The number of rotatable bonds is 5. The number of carbonyl (C=O) groups excluding carboxylic acids is 1. The van der Waals surface area contributed by atoms with Gasteiger partial charge in [-0.05, 0) is 43.9 Å². The molecular weight excluding hydrogens is 304 g/mol. The molecule has 0 spiro atoms. The summed E-state index contributed by atoms with van der Waals surface area (Å²) in [4.78, 5) is 20.7. The lowest BCUT2D eigenvalue weighted by Crippen LogP contribution is -2.09. The largest absolute Gasteiger partial charge is 0.465 e. The molecule has 6 nitrogen and oxygen atoms in total. The zero-order valence-electron chi connectivity index (χ0n) is 13.9. The van der Waals surface area contributed by atoms with Crippen molar-refractivity contribution in [1.29, 1.82) is 0 Å². The molecule has 0 radical (unpaired) electrons. The number of ether oxygens (including phenoxy) is 1. The Morgan fingerprint density at radius 2 is 2.21 bits per heavy atom. The average Bonchev–Trinajstić information content (AvgIpc) is 3.21. The molecule has 2 heterocycles. The van der Waals surface area contributed by atoms with Gasteiger partial charge in [0.25, 0.3) is 0 Å². The van der Waals surface area contributed by atoms with Crippen LogP contribution in [0.15, 0.2) is 30.7 Å². The highest BCUT2D eigenvalue weighted by atomic mass is 16.5. The fourth-order valence-electron chi connectivity index (χ4n) is 3.07. The number of methoxy groups -OCH3 is 1. The number of aryl methyl sites for hydroxylation is 1. The monoisotopic (exact) mass is 324 g/mol. The van der Waals surface area contributed by atoms with E-state index < -0.39 is 0 Å². The normalized spacial score (nSPS) is 14.2. The lowest BCUT2D eigenvalue weighted by atomic mass is 10.2. The molecule has 1 fully saturated rings. The molecular formula is C18H20N4O2. The molecule has 1 aliphatic rings. The van der Waals surface area contributed by atoms with E-state index in [4.69, 9.17) is 4.74 Å². The Balaban J connectivity index is 1.71. The van der Waals surface area contributed by atoms with Crippen LogP contribution in [0.2, 0.25) is 0 Å². The van der Waals surface area contributed by atoms with Gasteiger partial charge in [-0.15, -0.1) is 0 Å². The van der Waals surface area contributed by atoms with Gasteiger partial charge in [-0.1, -0.05) is 0 Å². The SMILES string of the molecule is COC(=O)c1ccc2nc(C)n(Cc3cncn3CC3CC3)c2c1. The number of nitrogens with zero attached hydrogens (tertiary/aromatic N) is 4. The molecule has 1 aromatic carbocycles. The minimum absolute atomic E-state index is 0.332. The highest BCUT2D eigenvalue weighted by Gasteiger charge is 2.22. The lowest BCUT2D eigenvalue weighted by molar-refractivity contribution is 0.0601. The van der Waals surface area contributed by atoms with Gasteiger partial charge in [0.05, 0.1) is 42.3 Å². The fourth-order valence-corrected chi connectivity index (χ4v) is 3.07. The van der Waals surface area contributed by atoms with Crippen LogP contribution in [0.3, 0.4) is 0 Å². The van der Waals surface area contributed by atoms with Crippen molar-refractivity contribution in [1.82, 2.24) is 19.1 Å². The van der Waals surface area contributed by atoms with Gasteiger partial charge in [-0.2, -0.15) is 0 Å². The number of hydrogen-bond donors (Lipinski definition) is 0. The van der Waals surface area contributed by atoms with Crippen LogP contribution in [-0.2, 0) is 17.8 Å². The van der Waals surface area contributed by atoms with Crippen molar-refractivity contribution in [3.05, 3.63) is 47.8 Å². The van der Waals surface area contributed by atoms with Gasteiger partial charge >= 0.3 is 5.97 Å². The van der Waals surface area contributed by atoms with Gasteiger partial charge in [-0.25, -0.2) is 14.8 Å². The van der Waals surface area contributed by atoms with Gasteiger partial charge in [0.2, 0.25) is 0 Å². The highest BCUT2D eigenvalue weighted by molar-refractivity contribution is 5.93. The smallest absolute Gasteiger partial charge is 0.337 e. The molecule has 4 rings (SSSR count). The van der Waals surface area contributed by atoms with E-state index in [9.17, 15) is 4.79 Å². The summed E-state index contributed by atoms with van der Waals surface area (Å²) in [6.07, 6.45) is 6.44. The molecule has 24 heavy (non-hydrogen) atoms. The molecule has 1 aliphatic carbocycles. The maximum absolute atomic E-state index is 11.8. The van der Waals surface area contributed by atoms with E-state index in [1.165, 1.54) is 20.0 Å². The van der Waals surface area contributed by atoms with Crippen LogP contribution in [0.4, 0.5) is 0 Å². The first kappa shape index (κ1) is 14.9. The first-order valence-corrected chi connectivity index (χ1v) is 8.20. The number of aromatic nitrogens is 4. The van der Waals surface area contributed by atoms with Gasteiger partial charge in [0.1, 0.15) is 5.82 Å². The maximum Gasteiger partial charge on any atom is 0.337 e. The quantitative estimate of drug-likeness (QED) is 0.677. The molecule has 0 unspecified atom stereocenters. The van der Waals surface area contributed by atoms with Gasteiger partial charge in [-0.3, -0.25) is 0 Å². The van der Waals surface area contributed by atoms with Crippen LogP contribution in [0.1, 0.15) is 34.7 Å². The van der Waals surface area contributed by atoms with E-state index in [2.05, 4.69) is 19.1 Å². The summed E-state index contributed by atoms with van der Waals surface area (Å²) in [7, 11) is 1.39. The van der Waals surface area contributed by atoms with Crippen molar-refractivity contribution in [3.63, 3.8) is 0 Å². The second-order valence-corrected chi connectivity index (χ2v) is 6.42. The van der Waals surface area contributed by atoms with Crippen LogP contribution in [0, 0.1) is 12.8 Å². The topological polar surface area (TPSA) is 61.9 Å². The molecule has 3 aromatic rings. The Labute approximate surface area is 140 Å². The summed E-state index contributed by atoms with van der Waals surface area (Å²) in [6.45, 7) is 3.72. The van der Waals surface area contributed by atoms with Crippen molar-refractivity contribution >= 4 is 17.0 Å². The van der Waals surface area contributed by atoms with Crippen molar-refractivity contribution < 1.29 is 9.53 Å². The number of fused-ring (bicyclic) bond motifs is 1. The predicted octanol–water partition coefficient (Wildman–Crippen LogP) is 2.79. The standard InChI is InChI=1S/C18H20N4O2/c1-12-20-16-6-5-14(18(23)24-2)7-17(16)22(12)10-15-8-19-11-21(15)9-13-3-4-13/h5-8,11,13H,3-4,9-10H2,1-2H3. The van der Waals surface area contributed by atoms with Gasteiger partial charge < -0.3 is 13.9 Å². The Kier molecular flexibility index (Phi) is 3.59. The molecule has 2 aromatic heterocycles. The first-order chi connectivity index (χ1) is 11.7. The lowest BCUT2D eigenvalue weighted by Gasteiger charge is -2.10. The van der Waals surface area contributed by atoms with Crippen LogP contribution < -0.4 is 0 Å². The molecule has 0 N–H and O–H groups in total. The molecule has 0 amide bonds. The zero-order valence-corrected chi connectivity index (χ0v) is 13.9. The number of carbonyl (C=O) groups is 1. The Bertz CT molecular complexity index is 905. The van der Waals surface area contributed by atoms with E-state index in [-0.39, 0.29) is 5.97 Å². The van der Waals surface area contributed by atoms with Crippen molar-refractivity contribution in [2.24, 2.45) is 5.92 Å². The van der Waals surface area contributed by atoms with Crippen LogP contribution in [0.5, 0.6) is 0 Å². The molecule has 0 atom stereocenters. The van der Waals surface area contributed by atoms with Gasteiger partial charge in [0, 0.05) is 12.7 Å². The molecule has 124 valence electrons. The van der Waals surface area contributed by atoms with E-state index in [0.717, 1.165) is 35.0 Å². The predicted molar refractivity (Wildman–Crippen MR) is 89.9 cm³/mol. The second-order valence-electron chi connectivity index (χ2n) is 6.42. The van der Waals surface area contributed by atoms with Crippen molar-refractivity contribution in [2.75, 3.05) is 7.11 Å². The highest BCUT2D eigenvalue weighted by Crippen LogP contribution is 2.31. The summed E-state index contributed by atoms with van der Waals surface area (Å²) in [5.41, 5.74) is 3.52. The Morgan fingerprint density at radius 1 is 1.38 bits per heavy atom. The van der Waals surface area contributed by atoms with Crippen LogP contribution in [-0.4, -0.2) is 32.2 Å². The van der Waals surface area contributed by atoms with Crippen molar-refractivity contribution in [2.45, 2.75) is 32.9 Å². The number of esters is 1. The van der Waals surface area contributed by atoms with Crippen molar-refractivity contribution in [3.8, 4) is 0 Å².